The van der Waals surface area contributed by atoms with E-state index in [2.05, 4.69) is 20.6 Å². The van der Waals surface area contributed by atoms with Gasteiger partial charge in [0, 0.05) is 22.2 Å². The van der Waals surface area contributed by atoms with Crippen molar-refractivity contribution in [2.75, 3.05) is 16.9 Å². The maximum absolute atomic E-state index is 12.2. The third-order valence-electron chi connectivity index (χ3n) is 3.62. The van der Waals surface area contributed by atoms with Crippen LogP contribution in [0.5, 0.6) is 0 Å². The maximum atomic E-state index is 12.2. The Bertz CT molecular complexity index is 936. The van der Waals surface area contributed by atoms with Crippen molar-refractivity contribution in [3.8, 4) is 0 Å². The lowest BCUT2D eigenvalue weighted by Crippen LogP contribution is -2.28. The Kier molecular flexibility index (Phi) is 6.15. The van der Waals surface area contributed by atoms with Crippen LogP contribution in [0.1, 0.15) is 5.69 Å². The summed E-state index contributed by atoms with van der Waals surface area (Å²) in [5.41, 5.74) is 1.26. The van der Waals surface area contributed by atoms with Gasteiger partial charge >= 0.3 is 0 Å². The highest BCUT2D eigenvalue weighted by atomic mass is 32.2. The molecule has 9 heteroatoms. The number of dihydropyridines is 1. The first kappa shape index (κ1) is 19.0. The zero-order chi connectivity index (χ0) is 19.2. The van der Waals surface area contributed by atoms with Gasteiger partial charge in [0.1, 0.15) is 5.92 Å². The molecule has 3 rings (SSSR count). The van der Waals surface area contributed by atoms with Crippen LogP contribution < -0.4 is 10.6 Å². The number of rotatable bonds is 6. The van der Waals surface area contributed by atoms with Crippen molar-refractivity contribution in [2.24, 2.45) is 10.9 Å². The zero-order valence-electron chi connectivity index (χ0n) is 14.3. The molecule has 1 unspecified atom stereocenters. The molecule has 0 bridgehead atoms. The fraction of sp³-hybridized carbons (Fsp3) is 0.167. The number of amides is 3. The zero-order valence-corrected chi connectivity index (χ0v) is 16.0. The van der Waals surface area contributed by atoms with E-state index < -0.39 is 17.7 Å². The number of aliphatic imine (C=N–C) groups is 1. The number of carbonyl (C=O) groups is 3. The first-order valence-corrected chi connectivity index (χ1v) is 10.1. The largest absolute Gasteiger partial charge is 0.326 e. The molecule has 0 saturated heterocycles. The minimum atomic E-state index is -0.950. The maximum Gasteiger partial charge on any atom is 0.262 e. The number of hydrogen-bond acceptors (Lipinski definition) is 6. The van der Waals surface area contributed by atoms with Gasteiger partial charge in [0.05, 0.1) is 12.1 Å². The topological polar surface area (TPSA) is 101 Å². The lowest BCUT2D eigenvalue weighted by atomic mass is 10.1. The van der Waals surface area contributed by atoms with Gasteiger partial charge in [-0.2, -0.15) is 0 Å². The second-order valence-corrected chi connectivity index (χ2v) is 7.31. The molecule has 1 atom stereocenters. The summed E-state index contributed by atoms with van der Waals surface area (Å²) in [5.74, 6) is -2.16. The van der Waals surface area contributed by atoms with Crippen molar-refractivity contribution in [1.29, 1.82) is 0 Å². The summed E-state index contributed by atoms with van der Waals surface area (Å²) in [7, 11) is 0. The van der Waals surface area contributed by atoms with E-state index >= 15 is 0 Å². The Morgan fingerprint density at radius 1 is 1.30 bits per heavy atom. The van der Waals surface area contributed by atoms with Gasteiger partial charge in [0.15, 0.2) is 5.13 Å². The highest BCUT2D eigenvalue weighted by molar-refractivity contribution is 7.98. The molecule has 1 aromatic heterocycles. The third kappa shape index (κ3) is 5.11. The number of aromatic nitrogens is 1. The standard InChI is InChI=1S/C18H16N4O3S2/c1-26-13-5-2-4-11(8-13)20-15(23)9-12-10-27-18(21-12)22-17(25)14-6-3-7-19-16(14)24/h2-8,10,14H,9H2,1H3,(H,20,23)(H,21,22,25). The van der Waals surface area contributed by atoms with E-state index in [0.29, 0.717) is 10.8 Å². The molecule has 27 heavy (non-hydrogen) atoms. The molecule has 7 nitrogen and oxygen atoms in total. The Labute approximate surface area is 164 Å². The summed E-state index contributed by atoms with van der Waals surface area (Å²) in [6, 6.07) is 7.56. The number of hydrogen-bond donors (Lipinski definition) is 2. The number of allylic oxidation sites excluding steroid dienone is 1. The lowest BCUT2D eigenvalue weighted by molar-refractivity contribution is -0.128. The summed E-state index contributed by atoms with van der Waals surface area (Å²) < 4.78 is 0. The lowest BCUT2D eigenvalue weighted by Gasteiger charge is -2.09. The second kappa shape index (κ2) is 8.74. The van der Waals surface area contributed by atoms with Gasteiger partial charge in [-0.05, 0) is 30.5 Å². The highest BCUT2D eigenvalue weighted by Gasteiger charge is 2.25. The summed E-state index contributed by atoms with van der Waals surface area (Å²) >= 11 is 2.79. The molecule has 2 aromatic rings. The Morgan fingerprint density at radius 3 is 2.93 bits per heavy atom. The SMILES string of the molecule is CSc1cccc(NC(=O)Cc2csc(NC(=O)C3C=CC=NC3=O)n2)c1. The number of anilines is 2. The van der Waals surface area contributed by atoms with Gasteiger partial charge in [-0.15, -0.1) is 23.1 Å². The third-order valence-corrected chi connectivity index (χ3v) is 5.15. The molecular weight excluding hydrogens is 384 g/mol. The molecule has 1 aromatic carbocycles. The predicted octanol–water partition coefficient (Wildman–Crippen LogP) is 2.77. The Balaban J connectivity index is 1.56. The van der Waals surface area contributed by atoms with Crippen LogP contribution in [-0.4, -0.2) is 35.2 Å². The minimum Gasteiger partial charge on any atom is -0.326 e. The van der Waals surface area contributed by atoms with Crippen molar-refractivity contribution < 1.29 is 14.4 Å². The number of thioether (sulfide) groups is 1. The van der Waals surface area contributed by atoms with E-state index in [9.17, 15) is 14.4 Å². The highest BCUT2D eigenvalue weighted by Crippen LogP contribution is 2.20. The number of nitrogens with zero attached hydrogens (tertiary/aromatic N) is 2. The molecule has 0 spiro atoms. The van der Waals surface area contributed by atoms with Crippen molar-refractivity contribution in [1.82, 2.24) is 4.98 Å². The molecule has 0 fully saturated rings. The second-order valence-electron chi connectivity index (χ2n) is 5.57. The summed E-state index contributed by atoms with van der Waals surface area (Å²) in [5, 5.41) is 7.45. The summed E-state index contributed by atoms with van der Waals surface area (Å²) in [6.07, 6.45) is 6.43. The number of carbonyl (C=O) groups excluding carboxylic acids is 3. The van der Waals surface area contributed by atoms with E-state index in [-0.39, 0.29) is 12.3 Å². The predicted molar refractivity (Wildman–Crippen MR) is 107 cm³/mol. The minimum absolute atomic E-state index is 0.0857. The Hall–Kier alpha value is -2.78. The molecular formula is C18H16N4O3S2. The Morgan fingerprint density at radius 2 is 2.15 bits per heavy atom. The van der Waals surface area contributed by atoms with E-state index in [1.54, 1.807) is 23.2 Å². The number of benzene rings is 1. The van der Waals surface area contributed by atoms with Crippen LogP contribution in [-0.2, 0) is 20.8 Å². The van der Waals surface area contributed by atoms with Crippen LogP contribution >= 0.6 is 23.1 Å². The molecule has 0 aliphatic carbocycles. The summed E-state index contributed by atoms with van der Waals surface area (Å²) in [4.78, 5) is 44.8. The van der Waals surface area contributed by atoms with Crippen LogP contribution in [0, 0.1) is 5.92 Å². The molecule has 3 amide bonds. The van der Waals surface area contributed by atoms with E-state index in [0.717, 1.165) is 10.6 Å². The molecule has 138 valence electrons. The van der Waals surface area contributed by atoms with Crippen molar-refractivity contribution in [3.63, 3.8) is 0 Å². The normalized spacial score (nSPS) is 15.6. The van der Waals surface area contributed by atoms with Gasteiger partial charge in [-0.25, -0.2) is 9.98 Å². The van der Waals surface area contributed by atoms with E-state index in [1.165, 1.54) is 23.6 Å². The quantitative estimate of drug-likeness (QED) is 0.574. The molecule has 1 aliphatic heterocycles. The first-order chi connectivity index (χ1) is 13.0. The van der Waals surface area contributed by atoms with Gasteiger partial charge in [-0.3, -0.25) is 14.4 Å². The van der Waals surface area contributed by atoms with Crippen LogP contribution in [0.25, 0.3) is 0 Å². The van der Waals surface area contributed by atoms with Crippen LogP contribution in [0.3, 0.4) is 0 Å². The van der Waals surface area contributed by atoms with Gasteiger partial charge in [0.25, 0.3) is 5.91 Å². The fourth-order valence-corrected chi connectivity index (χ4v) is 3.51. The monoisotopic (exact) mass is 400 g/mol. The molecule has 2 heterocycles. The summed E-state index contributed by atoms with van der Waals surface area (Å²) in [6.45, 7) is 0. The van der Waals surface area contributed by atoms with Crippen LogP contribution in [0.15, 0.2) is 51.7 Å². The van der Waals surface area contributed by atoms with E-state index in [4.69, 9.17) is 0 Å². The van der Waals surface area contributed by atoms with Gasteiger partial charge in [0.2, 0.25) is 11.8 Å². The van der Waals surface area contributed by atoms with Crippen molar-refractivity contribution in [2.45, 2.75) is 11.3 Å². The average Bonchev–Trinajstić information content (AvgIpc) is 3.08. The van der Waals surface area contributed by atoms with Gasteiger partial charge in [-0.1, -0.05) is 12.1 Å². The van der Waals surface area contributed by atoms with Crippen molar-refractivity contribution in [3.05, 3.63) is 47.5 Å². The first-order valence-electron chi connectivity index (χ1n) is 7.99. The van der Waals surface area contributed by atoms with Gasteiger partial charge < -0.3 is 10.6 Å². The molecule has 0 saturated carbocycles. The smallest absolute Gasteiger partial charge is 0.262 e. The van der Waals surface area contributed by atoms with Crippen LogP contribution in [0.4, 0.5) is 10.8 Å². The number of thiazole rings is 1. The molecule has 0 radical (unpaired) electrons. The molecule has 1 aliphatic rings. The number of nitrogens with one attached hydrogen (secondary N) is 2. The van der Waals surface area contributed by atoms with Crippen molar-refractivity contribution >= 4 is 57.9 Å². The molecule has 2 N–H and O–H groups in total. The van der Waals surface area contributed by atoms with E-state index in [1.807, 2.05) is 30.5 Å². The van der Waals surface area contributed by atoms with Crippen LogP contribution in [0.2, 0.25) is 0 Å². The fourth-order valence-electron chi connectivity index (χ4n) is 2.34. The average molecular weight is 400 g/mol.